The van der Waals surface area contributed by atoms with E-state index < -0.39 is 0 Å². The number of hydrogen-bond acceptors (Lipinski definition) is 3. The summed E-state index contributed by atoms with van der Waals surface area (Å²) >= 11 is 0. The summed E-state index contributed by atoms with van der Waals surface area (Å²) in [5, 5.41) is 3.22. The molecule has 0 spiro atoms. The summed E-state index contributed by atoms with van der Waals surface area (Å²) in [5.41, 5.74) is 0.945. The van der Waals surface area contributed by atoms with Crippen LogP contribution in [0, 0.1) is 0 Å². The van der Waals surface area contributed by atoms with Gasteiger partial charge in [0.25, 0.3) is 0 Å². The monoisotopic (exact) mass is 221 g/mol. The van der Waals surface area contributed by atoms with Gasteiger partial charge in [0, 0.05) is 26.3 Å². The van der Waals surface area contributed by atoms with Gasteiger partial charge >= 0.3 is 0 Å². The van der Waals surface area contributed by atoms with Crippen molar-refractivity contribution in [1.82, 2.24) is 15.2 Å². The van der Waals surface area contributed by atoms with E-state index in [0.29, 0.717) is 0 Å². The van der Waals surface area contributed by atoms with Crippen LogP contribution in [0.2, 0.25) is 0 Å². The normalized spacial score (nSPS) is 14.2. The second-order valence-corrected chi connectivity index (χ2v) is 4.10. The van der Waals surface area contributed by atoms with Crippen molar-refractivity contribution >= 4 is 5.91 Å². The van der Waals surface area contributed by atoms with Crippen LogP contribution in [0.1, 0.15) is 25.6 Å². The van der Waals surface area contributed by atoms with Gasteiger partial charge in [0.2, 0.25) is 5.91 Å². The molecule has 0 saturated heterocycles. The highest BCUT2D eigenvalue weighted by atomic mass is 16.2. The third-order valence-corrected chi connectivity index (χ3v) is 2.44. The second-order valence-electron chi connectivity index (χ2n) is 4.10. The van der Waals surface area contributed by atoms with E-state index in [-0.39, 0.29) is 18.0 Å². The van der Waals surface area contributed by atoms with E-state index in [9.17, 15) is 4.79 Å². The summed E-state index contributed by atoms with van der Waals surface area (Å²) in [6, 6.07) is 5.64. The van der Waals surface area contributed by atoms with Gasteiger partial charge < -0.3 is 4.90 Å². The van der Waals surface area contributed by atoms with Crippen molar-refractivity contribution in [2.45, 2.75) is 25.9 Å². The number of hydrogen-bond donors (Lipinski definition) is 1. The lowest BCUT2D eigenvalue weighted by Gasteiger charge is -2.21. The lowest BCUT2D eigenvalue weighted by molar-refractivity contribution is -0.130. The zero-order valence-corrected chi connectivity index (χ0v) is 10.3. The van der Waals surface area contributed by atoms with Gasteiger partial charge in [-0.25, -0.2) is 0 Å². The predicted molar refractivity (Wildman–Crippen MR) is 63.9 cm³/mol. The topological polar surface area (TPSA) is 45.2 Å². The Bertz CT molecular complexity index is 337. The molecular weight excluding hydrogens is 202 g/mol. The van der Waals surface area contributed by atoms with Crippen molar-refractivity contribution in [3.8, 4) is 0 Å². The molecule has 1 heterocycles. The minimum Gasteiger partial charge on any atom is -0.347 e. The molecule has 2 atom stereocenters. The van der Waals surface area contributed by atoms with Gasteiger partial charge in [-0.3, -0.25) is 15.1 Å². The van der Waals surface area contributed by atoms with Gasteiger partial charge in [-0.15, -0.1) is 0 Å². The summed E-state index contributed by atoms with van der Waals surface area (Å²) in [6.45, 7) is 3.86. The van der Waals surface area contributed by atoms with Gasteiger partial charge in [0.15, 0.2) is 0 Å². The number of rotatable bonds is 4. The van der Waals surface area contributed by atoms with E-state index in [2.05, 4.69) is 10.3 Å². The highest BCUT2D eigenvalue weighted by Gasteiger charge is 2.17. The minimum absolute atomic E-state index is 0.0695. The average Bonchev–Trinajstić information content (AvgIpc) is 2.28. The Balaban J connectivity index is 2.58. The van der Waals surface area contributed by atoms with E-state index in [1.54, 1.807) is 25.2 Å². The molecule has 0 aliphatic heterocycles. The van der Waals surface area contributed by atoms with Crippen LogP contribution in [0.5, 0.6) is 0 Å². The molecule has 1 rings (SSSR count). The van der Waals surface area contributed by atoms with Crippen molar-refractivity contribution in [1.29, 1.82) is 0 Å². The Hall–Kier alpha value is -1.42. The van der Waals surface area contributed by atoms with Crippen LogP contribution in [0.15, 0.2) is 24.4 Å². The van der Waals surface area contributed by atoms with E-state index >= 15 is 0 Å². The maximum atomic E-state index is 11.7. The fourth-order valence-corrected chi connectivity index (χ4v) is 1.55. The smallest absolute Gasteiger partial charge is 0.238 e. The number of amides is 1. The maximum absolute atomic E-state index is 11.7. The molecule has 0 fully saturated rings. The number of pyridine rings is 1. The number of nitrogens with zero attached hydrogens (tertiary/aromatic N) is 2. The SMILES string of the molecule is CC(N[C@H](C)C(=O)N(C)C)c1ccccn1. The van der Waals surface area contributed by atoms with Crippen LogP contribution >= 0.6 is 0 Å². The lowest BCUT2D eigenvalue weighted by Crippen LogP contribution is -2.42. The molecule has 1 unspecified atom stereocenters. The standard InChI is InChI=1S/C12H19N3O/c1-9(11-7-5-6-8-13-11)14-10(2)12(16)15(3)4/h5-10,14H,1-4H3/t9?,10-/m1/s1. The first-order valence-electron chi connectivity index (χ1n) is 5.40. The minimum atomic E-state index is -0.202. The molecule has 0 saturated carbocycles. The van der Waals surface area contributed by atoms with Crippen molar-refractivity contribution < 1.29 is 4.79 Å². The maximum Gasteiger partial charge on any atom is 0.238 e. The summed E-state index contributed by atoms with van der Waals surface area (Å²) in [5.74, 6) is 0.0720. The zero-order chi connectivity index (χ0) is 12.1. The molecule has 1 amide bonds. The van der Waals surface area contributed by atoms with E-state index in [4.69, 9.17) is 0 Å². The Kier molecular flexibility index (Phi) is 4.43. The molecular formula is C12H19N3O. The number of carbonyl (C=O) groups excluding carboxylic acids is 1. The average molecular weight is 221 g/mol. The molecule has 1 N–H and O–H groups in total. The molecule has 4 heteroatoms. The quantitative estimate of drug-likeness (QED) is 0.831. The van der Waals surface area contributed by atoms with Crippen molar-refractivity contribution in [2.24, 2.45) is 0 Å². The molecule has 4 nitrogen and oxygen atoms in total. The second kappa shape index (κ2) is 5.61. The van der Waals surface area contributed by atoms with Gasteiger partial charge in [-0.1, -0.05) is 6.07 Å². The largest absolute Gasteiger partial charge is 0.347 e. The highest BCUT2D eigenvalue weighted by molar-refractivity contribution is 5.80. The molecule has 88 valence electrons. The van der Waals surface area contributed by atoms with E-state index in [0.717, 1.165) is 5.69 Å². The summed E-state index contributed by atoms with van der Waals surface area (Å²) < 4.78 is 0. The van der Waals surface area contributed by atoms with Gasteiger partial charge in [-0.2, -0.15) is 0 Å². The molecule has 0 aliphatic carbocycles. The summed E-state index contributed by atoms with van der Waals surface area (Å²) in [4.78, 5) is 17.5. The number of nitrogens with one attached hydrogen (secondary N) is 1. The number of likely N-dealkylation sites (N-methyl/N-ethyl adjacent to an activating group) is 1. The van der Waals surface area contributed by atoms with Crippen LogP contribution in [-0.2, 0) is 4.79 Å². The molecule has 0 aromatic carbocycles. The van der Waals surface area contributed by atoms with Gasteiger partial charge in [0.05, 0.1) is 11.7 Å². The number of carbonyl (C=O) groups is 1. The summed E-state index contributed by atoms with van der Waals surface area (Å²) in [7, 11) is 3.51. The zero-order valence-electron chi connectivity index (χ0n) is 10.3. The van der Waals surface area contributed by atoms with Crippen molar-refractivity contribution in [2.75, 3.05) is 14.1 Å². The first-order valence-corrected chi connectivity index (χ1v) is 5.40. The van der Waals surface area contributed by atoms with Crippen LogP contribution in [-0.4, -0.2) is 35.9 Å². The Morgan fingerprint density at radius 2 is 2.06 bits per heavy atom. The Morgan fingerprint density at radius 3 is 2.56 bits per heavy atom. The van der Waals surface area contributed by atoms with Crippen LogP contribution in [0.3, 0.4) is 0 Å². The van der Waals surface area contributed by atoms with E-state index in [1.807, 2.05) is 32.0 Å². The Labute approximate surface area is 96.7 Å². The lowest BCUT2D eigenvalue weighted by atomic mass is 10.2. The molecule has 1 aromatic rings. The molecule has 0 bridgehead atoms. The third-order valence-electron chi connectivity index (χ3n) is 2.44. The predicted octanol–water partition coefficient (Wildman–Crippen LogP) is 1.21. The fraction of sp³-hybridized carbons (Fsp3) is 0.500. The molecule has 0 radical (unpaired) electrons. The highest BCUT2D eigenvalue weighted by Crippen LogP contribution is 2.09. The number of aromatic nitrogens is 1. The van der Waals surface area contributed by atoms with Crippen LogP contribution in [0.25, 0.3) is 0 Å². The fourth-order valence-electron chi connectivity index (χ4n) is 1.55. The molecule has 16 heavy (non-hydrogen) atoms. The first kappa shape index (κ1) is 12.6. The third kappa shape index (κ3) is 3.31. The Morgan fingerprint density at radius 1 is 1.38 bits per heavy atom. The van der Waals surface area contributed by atoms with E-state index in [1.165, 1.54) is 0 Å². The van der Waals surface area contributed by atoms with Gasteiger partial charge in [0.1, 0.15) is 0 Å². The summed E-state index contributed by atoms with van der Waals surface area (Å²) in [6.07, 6.45) is 1.76. The van der Waals surface area contributed by atoms with Crippen molar-refractivity contribution in [3.05, 3.63) is 30.1 Å². The van der Waals surface area contributed by atoms with Crippen LogP contribution < -0.4 is 5.32 Å². The molecule has 0 aliphatic rings. The van der Waals surface area contributed by atoms with Gasteiger partial charge in [-0.05, 0) is 26.0 Å². The first-order chi connectivity index (χ1) is 7.52. The van der Waals surface area contributed by atoms with Crippen LogP contribution in [0.4, 0.5) is 0 Å². The van der Waals surface area contributed by atoms with Crippen molar-refractivity contribution in [3.63, 3.8) is 0 Å². The molecule has 1 aromatic heterocycles.